The van der Waals surface area contributed by atoms with Gasteiger partial charge in [-0.3, -0.25) is 9.59 Å². The van der Waals surface area contributed by atoms with Crippen LogP contribution in [0.1, 0.15) is 35.6 Å². The van der Waals surface area contributed by atoms with Gasteiger partial charge in [-0.05, 0) is 31.4 Å². The molecule has 2 N–H and O–H groups in total. The molecule has 2 aromatic heterocycles. The molecule has 2 heterocycles. The molecule has 0 aliphatic rings. The summed E-state index contributed by atoms with van der Waals surface area (Å²) < 4.78 is 1.57. The lowest BCUT2D eigenvalue weighted by molar-refractivity contribution is 0.102. The zero-order valence-corrected chi connectivity index (χ0v) is 15.8. The summed E-state index contributed by atoms with van der Waals surface area (Å²) in [5, 5.41) is 16.2. The molecule has 0 unspecified atom stereocenters. The lowest BCUT2D eigenvalue weighted by atomic mass is 10.1. The highest BCUT2D eigenvalue weighted by molar-refractivity contribution is 7.09. The number of hydrogen-bond donors (Lipinski definition) is 2. The van der Waals surface area contributed by atoms with E-state index in [4.69, 9.17) is 0 Å². The molecule has 0 bridgehead atoms. The summed E-state index contributed by atoms with van der Waals surface area (Å²) in [5.74, 6) is -0.166. The molecule has 136 valence electrons. The monoisotopic (exact) mass is 371 g/mol. The third-order valence-electron chi connectivity index (χ3n) is 4.16. The van der Waals surface area contributed by atoms with Crippen molar-refractivity contribution < 1.29 is 9.90 Å². The first-order valence-corrected chi connectivity index (χ1v) is 9.34. The molecule has 3 rings (SSSR count). The second kappa shape index (κ2) is 7.29. The highest BCUT2D eigenvalue weighted by Crippen LogP contribution is 2.27. The number of nitrogens with one attached hydrogen (secondary N) is 1. The summed E-state index contributed by atoms with van der Waals surface area (Å²) in [6, 6.07) is 7.07. The number of anilines is 1. The van der Waals surface area contributed by atoms with Crippen LogP contribution in [0.4, 0.5) is 5.82 Å². The Morgan fingerprint density at radius 3 is 2.73 bits per heavy atom. The Morgan fingerprint density at radius 2 is 2.08 bits per heavy atom. The van der Waals surface area contributed by atoms with Crippen molar-refractivity contribution in [3.05, 3.63) is 50.6 Å². The minimum Gasteiger partial charge on any atom is -0.506 e. The number of pyridine rings is 1. The third-order valence-corrected chi connectivity index (χ3v) is 4.94. The Kier molecular flexibility index (Phi) is 5.08. The van der Waals surface area contributed by atoms with Gasteiger partial charge in [0.15, 0.2) is 0 Å². The quantitative estimate of drug-likeness (QED) is 0.715. The number of rotatable bonds is 5. The molecule has 0 radical (unpaired) electrons. The van der Waals surface area contributed by atoms with Crippen molar-refractivity contribution in [2.75, 3.05) is 5.32 Å². The van der Waals surface area contributed by atoms with Gasteiger partial charge in [0, 0.05) is 17.3 Å². The largest absolute Gasteiger partial charge is 0.506 e. The maximum absolute atomic E-state index is 13.0. The van der Waals surface area contributed by atoms with Gasteiger partial charge in [0.25, 0.3) is 11.5 Å². The maximum atomic E-state index is 13.0. The van der Waals surface area contributed by atoms with Crippen molar-refractivity contribution in [3.63, 3.8) is 0 Å². The van der Waals surface area contributed by atoms with E-state index in [1.165, 1.54) is 11.3 Å². The summed E-state index contributed by atoms with van der Waals surface area (Å²) in [6.45, 7) is 6.46. The molecule has 0 aliphatic carbocycles. The summed E-state index contributed by atoms with van der Waals surface area (Å²) in [6.07, 6.45) is 0.793. The van der Waals surface area contributed by atoms with Crippen molar-refractivity contribution in [2.45, 2.75) is 33.7 Å². The molecule has 6 nitrogen and oxygen atoms in total. The highest BCUT2D eigenvalue weighted by atomic mass is 32.1. The van der Waals surface area contributed by atoms with Crippen LogP contribution in [0.5, 0.6) is 5.75 Å². The first kappa shape index (κ1) is 18.1. The van der Waals surface area contributed by atoms with Crippen LogP contribution in [0.25, 0.3) is 10.9 Å². The fourth-order valence-corrected chi connectivity index (χ4v) is 3.35. The van der Waals surface area contributed by atoms with Crippen LogP contribution in [0.2, 0.25) is 0 Å². The number of thiazole rings is 1. The average molecular weight is 371 g/mol. The number of carbonyl (C=O) groups is 1. The average Bonchev–Trinajstić information content (AvgIpc) is 2.99. The number of fused-ring (bicyclic) bond motifs is 1. The molecule has 0 aliphatic heterocycles. The number of carbonyl (C=O) groups excluding carboxylic acids is 1. The van der Waals surface area contributed by atoms with Gasteiger partial charge >= 0.3 is 0 Å². The number of hydrogen-bond acceptors (Lipinski definition) is 5. The molecular weight excluding hydrogens is 350 g/mol. The number of nitrogens with zero attached hydrogens (tertiary/aromatic N) is 2. The minimum atomic E-state index is -0.651. The van der Waals surface area contributed by atoms with Crippen molar-refractivity contribution in [2.24, 2.45) is 5.92 Å². The van der Waals surface area contributed by atoms with Gasteiger partial charge < -0.3 is 15.0 Å². The molecular formula is C19H21N3O3S. The number of para-hydroxylation sites is 1. The van der Waals surface area contributed by atoms with E-state index in [-0.39, 0.29) is 11.3 Å². The molecule has 1 amide bonds. The zero-order chi connectivity index (χ0) is 18.8. The standard InChI is InChI=1S/C19H21N3O3S/c1-11(2)8-9-22-14-7-5-4-6-13(14)17(23)16(19(22)25)18(24)21-15-10-26-12(3)20-15/h4-7,10-11,23H,8-9H2,1-3H3,(H,21,24). The molecule has 0 saturated carbocycles. The van der Waals surface area contributed by atoms with Gasteiger partial charge in [0.2, 0.25) is 0 Å². The predicted molar refractivity (Wildman–Crippen MR) is 104 cm³/mol. The molecule has 3 aromatic rings. The molecule has 0 atom stereocenters. The SMILES string of the molecule is Cc1nc(NC(=O)c2c(O)c3ccccc3n(CCC(C)C)c2=O)cs1. The second-order valence-electron chi connectivity index (χ2n) is 6.59. The third kappa shape index (κ3) is 3.48. The summed E-state index contributed by atoms with van der Waals surface area (Å²) in [4.78, 5) is 29.8. The van der Waals surface area contributed by atoms with Crippen LogP contribution in [0, 0.1) is 12.8 Å². The Balaban J connectivity index is 2.12. The normalized spacial score (nSPS) is 11.2. The lowest BCUT2D eigenvalue weighted by Gasteiger charge is -2.15. The van der Waals surface area contributed by atoms with E-state index >= 15 is 0 Å². The van der Waals surface area contributed by atoms with Crippen molar-refractivity contribution >= 4 is 34.0 Å². The number of aromatic nitrogens is 2. The first-order valence-electron chi connectivity index (χ1n) is 8.46. The number of aromatic hydroxyl groups is 1. The van der Waals surface area contributed by atoms with Gasteiger partial charge in [-0.1, -0.05) is 26.0 Å². The van der Waals surface area contributed by atoms with E-state index in [0.717, 1.165) is 11.4 Å². The van der Waals surface area contributed by atoms with E-state index in [9.17, 15) is 14.7 Å². The van der Waals surface area contributed by atoms with Crippen molar-refractivity contribution in [3.8, 4) is 5.75 Å². The minimum absolute atomic E-state index is 0.252. The Bertz CT molecular complexity index is 1020. The lowest BCUT2D eigenvalue weighted by Crippen LogP contribution is -2.30. The van der Waals surface area contributed by atoms with E-state index in [2.05, 4.69) is 24.1 Å². The summed E-state index contributed by atoms with van der Waals surface area (Å²) in [7, 11) is 0. The van der Waals surface area contributed by atoms with Gasteiger partial charge in [0.1, 0.15) is 17.1 Å². The Morgan fingerprint density at radius 1 is 1.35 bits per heavy atom. The smallest absolute Gasteiger partial charge is 0.267 e. The summed E-state index contributed by atoms with van der Waals surface area (Å²) >= 11 is 1.40. The topological polar surface area (TPSA) is 84.2 Å². The highest BCUT2D eigenvalue weighted by Gasteiger charge is 2.22. The molecule has 26 heavy (non-hydrogen) atoms. The van der Waals surface area contributed by atoms with E-state index in [0.29, 0.717) is 29.2 Å². The van der Waals surface area contributed by atoms with E-state index in [1.54, 1.807) is 28.1 Å². The van der Waals surface area contributed by atoms with Gasteiger partial charge in [-0.2, -0.15) is 0 Å². The van der Waals surface area contributed by atoms with Crippen LogP contribution in [0.3, 0.4) is 0 Å². The number of aryl methyl sites for hydroxylation is 2. The molecule has 7 heteroatoms. The summed E-state index contributed by atoms with van der Waals surface area (Å²) in [5.41, 5.74) is -0.124. The first-order chi connectivity index (χ1) is 12.4. The maximum Gasteiger partial charge on any atom is 0.267 e. The Labute approximate surface area is 155 Å². The Hall–Kier alpha value is -2.67. The fourth-order valence-electron chi connectivity index (χ4n) is 2.80. The van der Waals surface area contributed by atoms with Crippen LogP contribution in [-0.4, -0.2) is 20.6 Å². The van der Waals surface area contributed by atoms with Gasteiger partial charge in [-0.25, -0.2) is 4.98 Å². The fraction of sp³-hybridized carbons (Fsp3) is 0.316. The van der Waals surface area contributed by atoms with Gasteiger partial charge in [0.05, 0.1) is 10.5 Å². The van der Waals surface area contributed by atoms with Crippen LogP contribution >= 0.6 is 11.3 Å². The van der Waals surface area contributed by atoms with E-state index < -0.39 is 11.5 Å². The van der Waals surface area contributed by atoms with E-state index in [1.807, 2.05) is 13.0 Å². The molecule has 0 fully saturated rings. The molecule has 0 saturated heterocycles. The zero-order valence-electron chi connectivity index (χ0n) is 14.9. The van der Waals surface area contributed by atoms with Crippen LogP contribution in [-0.2, 0) is 6.54 Å². The second-order valence-corrected chi connectivity index (χ2v) is 7.65. The predicted octanol–water partition coefficient (Wildman–Crippen LogP) is 3.77. The number of amides is 1. The van der Waals surface area contributed by atoms with Crippen LogP contribution in [0.15, 0.2) is 34.4 Å². The molecule has 1 aromatic carbocycles. The van der Waals surface area contributed by atoms with Crippen molar-refractivity contribution in [1.82, 2.24) is 9.55 Å². The molecule has 0 spiro atoms. The van der Waals surface area contributed by atoms with Crippen LogP contribution < -0.4 is 10.9 Å². The van der Waals surface area contributed by atoms with Gasteiger partial charge in [-0.15, -0.1) is 11.3 Å². The van der Waals surface area contributed by atoms with Crippen molar-refractivity contribution in [1.29, 1.82) is 0 Å². The number of benzene rings is 1.